The molecule has 0 atom stereocenters. The molecular weight excluding hydrogens is 417 g/mol. The molecule has 0 spiro atoms. The summed E-state index contributed by atoms with van der Waals surface area (Å²) in [5.41, 5.74) is 0.508. The molecule has 2 aromatic rings. The summed E-state index contributed by atoms with van der Waals surface area (Å²) in [7, 11) is 0. The fraction of sp³-hybridized carbons (Fsp3) is 0. The molecule has 2 N–H and O–H groups in total. The van der Waals surface area contributed by atoms with E-state index in [1.807, 2.05) is 12.1 Å². The SMILES string of the molecule is O=C(O)C(C=Nc1ccc(I)cc1)=C(O)c1ccccc1Cl. The topological polar surface area (TPSA) is 69.9 Å². The normalized spacial score (nSPS) is 12.3. The number of hydrogen-bond donors (Lipinski definition) is 2. The van der Waals surface area contributed by atoms with Crippen LogP contribution >= 0.6 is 34.2 Å². The Labute approximate surface area is 145 Å². The van der Waals surface area contributed by atoms with Crippen molar-refractivity contribution in [1.29, 1.82) is 0 Å². The Morgan fingerprint density at radius 2 is 1.73 bits per heavy atom. The van der Waals surface area contributed by atoms with Gasteiger partial charge in [0.05, 0.1) is 10.7 Å². The maximum absolute atomic E-state index is 11.3. The Bertz CT molecular complexity index is 754. The van der Waals surface area contributed by atoms with E-state index < -0.39 is 11.7 Å². The van der Waals surface area contributed by atoms with Gasteiger partial charge in [0, 0.05) is 15.3 Å². The summed E-state index contributed by atoms with van der Waals surface area (Å²) in [4.78, 5) is 15.4. The van der Waals surface area contributed by atoms with Crippen molar-refractivity contribution in [2.45, 2.75) is 0 Å². The van der Waals surface area contributed by atoms with Gasteiger partial charge >= 0.3 is 5.97 Å². The van der Waals surface area contributed by atoms with E-state index >= 15 is 0 Å². The zero-order valence-corrected chi connectivity index (χ0v) is 14.1. The van der Waals surface area contributed by atoms with Crippen molar-refractivity contribution in [3.8, 4) is 0 Å². The molecule has 2 rings (SSSR count). The molecule has 4 nitrogen and oxygen atoms in total. The highest BCUT2D eigenvalue weighted by atomic mass is 127. The first-order valence-electron chi connectivity index (χ1n) is 6.20. The Kier molecular flexibility index (Phi) is 5.57. The summed E-state index contributed by atoms with van der Waals surface area (Å²) in [6.45, 7) is 0. The van der Waals surface area contributed by atoms with Crippen LogP contribution in [0.15, 0.2) is 59.1 Å². The number of hydrogen-bond acceptors (Lipinski definition) is 3. The van der Waals surface area contributed by atoms with Gasteiger partial charge in [-0.2, -0.15) is 0 Å². The number of aliphatic imine (C=N–C) groups is 1. The van der Waals surface area contributed by atoms with Crippen LogP contribution in [0.5, 0.6) is 0 Å². The van der Waals surface area contributed by atoms with E-state index in [1.54, 1.807) is 36.4 Å². The van der Waals surface area contributed by atoms with Crippen molar-refractivity contribution in [1.82, 2.24) is 0 Å². The highest BCUT2D eigenvalue weighted by molar-refractivity contribution is 14.1. The van der Waals surface area contributed by atoms with E-state index in [-0.39, 0.29) is 16.2 Å². The summed E-state index contributed by atoms with van der Waals surface area (Å²) in [6, 6.07) is 13.7. The van der Waals surface area contributed by atoms with Gasteiger partial charge in [0.1, 0.15) is 11.3 Å². The van der Waals surface area contributed by atoms with Gasteiger partial charge in [-0.3, -0.25) is 4.99 Å². The van der Waals surface area contributed by atoms with Crippen LogP contribution in [0.25, 0.3) is 5.76 Å². The largest absolute Gasteiger partial charge is 0.506 e. The Balaban J connectivity index is 2.42. The van der Waals surface area contributed by atoms with Crippen molar-refractivity contribution in [3.63, 3.8) is 0 Å². The predicted octanol–water partition coefficient (Wildman–Crippen LogP) is 4.70. The number of carboxylic acids is 1. The number of carbonyl (C=O) groups is 1. The monoisotopic (exact) mass is 427 g/mol. The molecule has 0 saturated carbocycles. The van der Waals surface area contributed by atoms with Gasteiger partial charge in [-0.25, -0.2) is 4.79 Å². The molecule has 6 heteroatoms. The van der Waals surface area contributed by atoms with Crippen molar-refractivity contribution in [3.05, 3.63) is 68.3 Å². The smallest absolute Gasteiger partial charge is 0.341 e. The molecule has 0 saturated heterocycles. The van der Waals surface area contributed by atoms with E-state index in [0.29, 0.717) is 5.69 Å². The molecule has 0 unspecified atom stereocenters. The molecule has 0 heterocycles. The molecule has 0 bridgehead atoms. The van der Waals surface area contributed by atoms with Crippen LogP contribution in [0.1, 0.15) is 5.56 Å². The number of aliphatic hydroxyl groups excluding tert-OH is 1. The van der Waals surface area contributed by atoms with Gasteiger partial charge in [-0.05, 0) is 59.0 Å². The third kappa shape index (κ3) is 4.08. The van der Waals surface area contributed by atoms with E-state index in [0.717, 1.165) is 9.78 Å². The van der Waals surface area contributed by atoms with E-state index in [4.69, 9.17) is 11.6 Å². The third-order valence-electron chi connectivity index (χ3n) is 2.78. The second kappa shape index (κ2) is 7.42. The highest BCUT2D eigenvalue weighted by Crippen LogP contribution is 2.24. The van der Waals surface area contributed by atoms with E-state index in [1.165, 1.54) is 0 Å². The van der Waals surface area contributed by atoms with E-state index in [2.05, 4.69) is 27.6 Å². The molecule has 0 amide bonds. The van der Waals surface area contributed by atoms with E-state index in [9.17, 15) is 15.0 Å². The van der Waals surface area contributed by atoms with Crippen LogP contribution < -0.4 is 0 Å². The summed E-state index contributed by atoms with van der Waals surface area (Å²) in [5, 5.41) is 19.7. The number of rotatable bonds is 4. The number of carboxylic acid groups (broad SMARTS) is 1. The molecule has 22 heavy (non-hydrogen) atoms. The average Bonchev–Trinajstić information content (AvgIpc) is 2.49. The van der Waals surface area contributed by atoms with Crippen molar-refractivity contribution < 1.29 is 15.0 Å². The van der Waals surface area contributed by atoms with Gasteiger partial charge < -0.3 is 10.2 Å². The van der Waals surface area contributed by atoms with Crippen LogP contribution in [0.3, 0.4) is 0 Å². The first kappa shape index (κ1) is 16.5. The van der Waals surface area contributed by atoms with Crippen LogP contribution in [0.2, 0.25) is 5.02 Å². The fourth-order valence-electron chi connectivity index (χ4n) is 1.68. The summed E-state index contributed by atoms with van der Waals surface area (Å²) in [5.74, 6) is -1.71. The van der Waals surface area contributed by atoms with Crippen molar-refractivity contribution >= 4 is 57.8 Å². The summed E-state index contributed by atoms with van der Waals surface area (Å²) in [6.07, 6.45) is 1.11. The van der Waals surface area contributed by atoms with Gasteiger partial charge in [0.15, 0.2) is 0 Å². The lowest BCUT2D eigenvalue weighted by molar-refractivity contribution is -0.132. The average molecular weight is 428 g/mol. The quantitative estimate of drug-likeness (QED) is 0.322. The van der Waals surface area contributed by atoms with Gasteiger partial charge in [-0.1, -0.05) is 23.7 Å². The number of benzene rings is 2. The fourth-order valence-corrected chi connectivity index (χ4v) is 2.27. The molecule has 0 aliphatic carbocycles. The van der Waals surface area contributed by atoms with Crippen LogP contribution in [-0.2, 0) is 4.79 Å². The summed E-state index contributed by atoms with van der Waals surface area (Å²) < 4.78 is 1.05. The minimum Gasteiger partial charge on any atom is -0.506 e. The lowest BCUT2D eigenvalue weighted by atomic mass is 10.1. The minimum absolute atomic E-state index is 0.246. The first-order valence-corrected chi connectivity index (χ1v) is 7.66. The lowest BCUT2D eigenvalue weighted by Gasteiger charge is -2.05. The molecule has 0 aliphatic rings. The number of aliphatic carboxylic acids is 1. The molecule has 2 aromatic carbocycles. The Morgan fingerprint density at radius 1 is 1.09 bits per heavy atom. The lowest BCUT2D eigenvalue weighted by Crippen LogP contribution is -2.06. The minimum atomic E-state index is -1.29. The van der Waals surface area contributed by atoms with Crippen LogP contribution in [-0.4, -0.2) is 22.4 Å². The predicted molar refractivity (Wildman–Crippen MR) is 95.9 cm³/mol. The van der Waals surface area contributed by atoms with Crippen LogP contribution in [0.4, 0.5) is 5.69 Å². The molecule has 0 aliphatic heterocycles. The maximum atomic E-state index is 11.3. The second-order valence-corrected chi connectivity index (χ2v) is 5.93. The first-order chi connectivity index (χ1) is 10.5. The molecule has 0 radical (unpaired) electrons. The third-order valence-corrected chi connectivity index (χ3v) is 3.83. The maximum Gasteiger partial charge on any atom is 0.341 e. The molecule has 0 fully saturated rings. The van der Waals surface area contributed by atoms with Crippen molar-refractivity contribution in [2.75, 3.05) is 0 Å². The molecular formula is C16H11ClINO3. The Morgan fingerprint density at radius 3 is 2.32 bits per heavy atom. The Hall–Kier alpha value is -1.86. The molecule has 0 aromatic heterocycles. The van der Waals surface area contributed by atoms with Gasteiger partial charge in [0.25, 0.3) is 0 Å². The zero-order chi connectivity index (χ0) is 16.1. The van der Waals surface area contributed by atoms with Crippen molar-refractivity contribution in [2.24, 2.45) is 4.99 Å². The molecule has 112 valence electrons. The number of aliphatic hydroxyl groups is 1. The second-order valence-electron chi connectivity index (χ2n) is 4.28. The standard InChI is InChI=1S/C16H11ClINO3/c17-14-4-2-1-3-12(14)15(20)13(16(21)22)9-19-11-7-5-10(18)6-8-11/h1-9,20H,(H,21,22). The van der Waals surface area contributed by atoms with Gasteiger partial charge in [0.2, 0.25) is 0 Å². The van der Waals surface area contributed by atoms with Crippen LogP contribution in [0, 0.1) is 3.57 Å². The highest BCUT2D eigenvalue weighted by Gasteiger charge is 2.15. The van der Waals surface area contributed by atoms with Gasteiger partial charge in [-0.15, -0.1) is 0 Å². The number of nitrogens with zero attached hydrogens (tertiary/aromatic N) is 1. The zero-order valence-electron chi connectivity index (χ0n) is 11.2. The number of halogens is 2. The summed E-state index contributed by atoms with van der Waals surface area (Å²) >= 11 is 8.13.